The van der Waals surface area contributed by atoms with Crippen LogP contribution in [-0.2, 0) is 9.84 Å². The minimum absolute atomic E-state index is 0.177. The van der Waals surface area contributed by atoms with Crippen LogP contribution in [0.25, 0.3) is 0 Å². The summed E-state index contributed by atoms with van der Waals surface area (Å²) >= 11 is 0. The highest BCUT2D eigenvalue weighted by Crippen LogP contribution is 2.22. The maximum Gasteiger partial charge on any atom is 0.178 e. The summed E-state index contributed by atoms with van der Waals surface area (Å²) in [4.78, 5) is 0.403. The van der Waals surface area contributed by atoms with Crippen LogP contribution in [-0.4, -0.2) is 26.3 Å². The lowest BCUT2D eigenvalue weighted by molar-refractivity contribution is 0.528. The van der Waals surface area contributed by atoms with Gasteiger partial charge in [0.1, 0.15) is 0 Å². The van der Waals surface area contributed by atoms with Gasteiger partial charge in [-0.15, -0.1) is 0 Å². The van der Waals surface area contributed by atoms with E-state index in [2.05, 4.69) is 5.32 Å². The molecular formula is C16H26N2O2S. The number of hydrogen-bond donors (Lipinski definition) is 2. The summed E-state index contributed by atoms with van der Waals surface area (Å²) < 4.78 is 24.0. The first kappa shape index (κ1) is 16.3. The van der Waals surface area contributed by atoms with Gasteiger partial charge in [0.05, 0.1) is 10.6 Å². The molecule has 0 spiro atoms. The second-order valence-electron chi connectivity index (χ2n) is 5.90. The van der Waals surface area contributed by atoms with E-state index >= 15 is 0 Å². The van der Waals surface area contributed by atoms with Gasteiger partial charge in [-0.05, 0) is 43.5 Å². The number of rotatable bonds is 5. The Morgan fingerprint density at radius 2 is 1.81 bits per heavy atom. The van der Waals surface area contributed by atoms with Crippen LogP contribution < -0.4 is 11.1 Å². The molecule has 0 saturated heterocycles. The van der Waals surface area contributed by atoms with Crippen LogP contribution in [0.2, 0.25) is 0 Å². The van der Waals surface area contributed by atoms with Crippen LogP contribution in [0.15, 0.2) is 29.2 Å². The fourth-order valence-electron chi connectivity index (χ4n) is 2.87. The highest BCUT2D eigenvalue weighted by atomic mass is 32.2. The van der Waals surface area contributed by atoms with Crippen molar-refractivity contribution in [2.45, 2.75) is 62.4 Å². The van der Waals surface area contributed by atoms with Crippen molar-refractivity contribution in [3.8, 4) is 0 Å². The molecule has 0 aliphatic heterocycles. The summed E-state index contributed by atoms with van der Waals surface area (Å²) in [7, 11) is -3.13. The second-order valence-corrected chi connectivity index (χ2v) is 8.01. The van der Waals surface area contributed by atoms with Crippen LogP contribution in [0.4, 0.5) is 5.69 Å². The molecule has 2 atom stereocenters. The van der Waals surface area contributed by atoms with Crippen molar-refractivity contribution in [3.63, 3.8) is 0 Å². The van der Waals surface area contributed by atoms with Crippen LogP contribution in [0.1, 0.15) is 45.4 Å². The summed E-state index contributed by atoms with van der Waals surface area (Å²) in [6, 6.07) is 7.53. The minimum Gasteiger partial charge on any atom is -0.381 e. The first-order valence-electron chi connectivity index (χ1n) is 7.88. The van der Waals surface area contributed by atoms with Crippen molar-refractivity contribution < 1.29 is 8.42 Å². The molecule has 2 unspecified atom stereocenters. The Labute approximate surface area is 128 Å². The highest BCUT2D eigenvalue weighted by molar-refractivity contribution is 7.91. The van der Waals surface area contributed by atoms with Crippen LogP contribution in [0.3, 0.4) is 0 Å². The fourth-order valence-corrected chi connectivity index (χ4v) is 4.20. The zero-order valence-corrected chi connectivity index (χ0v) is 13.5. The van der Waals surface area contributed by atoms with E-state index in [4.69, 9.17) is 5.73 Å². The van der Waals surface area contributed by atoms with Crippen LogP contribution in [0.5, 0.6) is 0 Å². The molecule has 1 aliphatic carbocycles. The molecule has 0 amide bonds. The number of anilines is 1. The van der Waals surface area contributed by atoms with Gasteiger partial charge in [-0.2, -0.15) is 0 Å². The van der Waals surface area contributed by atoms with Crippen molar-refractivity contribution in [3.05, 3.63) is 24.3 Å². The molecule has 0 bridgehead atoms. The fraction of sp³-hybridized carbons (Fsp3) is 0.625. The van der Waals surface area contributed by atoms with E-state index in [1.54, 1.807) is 12.1 Å². The molecule has 0 aromatic heterocycles. The molecule has 2 rings (SSSR count). The Morgan fingerprint density at radius 1 is 1.14 bits per heavy atom. The average molecular weight is 310 g/mol. The lowest BCUT2D eigenvalue weighted by Crippen LogP contribution is -2.39. The molecule has 1 aromatic rings. The Bertz CT molecular complexity index is 540. The Kier molecular flexibility index (Phi) is 5.65. The van der Waals surface area contributed by atoms with E-state index < -0.39 is 9.84 Å². The van der Waals surface area contributed by atoms with Crippen molar-refractivity contribution in [2.75, 3.05) is 11.1 Å². The maximum absolute atomic E-state index is 12.0. The maximum atomic E-state index is 12.0. The molecule has 3 N–H and O–H groups in total. The van der Waals surface area contributed by atoms with Crippen LogP contribution >= 0.6 is 0 Å². The molecule has 1 aromatic carbocycles. The Hall–Kier alpha value is -1.07. The van der Waals surface area contributed by atoms with Gasteiger partial charge >= 0.3 is 0 Å². The van der Waals surface area contributed by atoms with E-state index in [1.807, 2.05) is 19.1 Å². The molecule has 5 heteroatoms. The summed E-state index contributed by atoms with van der Waals surface area (Å²) in [6.45, 7) is 1.88. The standard InChI is InChI=1S/C16H26N2O2S/c1-2-12-21(19,20)14-10-8-13(9-11-14)18-16-7-5-3-4-6-15(16)17/h8-11,15-16,18H,2-7,12,17H2,1H3. The molecule has 1 fully saturated rings. The van der Waals surface area contributed by atoms with E-state index in [1.165, 1.54) is 19.3 Å². The third kappa shape index (κ3) is 4.45. The molecule has 1 saturated carbocycles. The number of benzene rings is 1. The zero-order valence-electron chi connectivity index (χ0n) is 12.7. The van der Waals surface area contributed by atoms with Gasteiger partial charge in [-0.3, -0.25) is 0 Å². The molecule has 21 heavy (non-hydrogen) atoms. The smallest absolute Gasteiger partial charge is 0.178 e. The highest BCUT2D eigenvalue weighted by Gasteiger charge is 2.20. The number of hydrogen-bond acceptors (Lipinski definition) is 4. The number of sulfone groups is 1. The van der Waals surface area contributed by atoms with Gasteiger partial charge in [0, 0.05) is 17.8 Å². The van der Waals surface area contributed by atoms with Gasteiger partial charge in [-0.25, -0.2) is 8.42 Å². The van der Waals surface area contributed by atoms with Gasteiger partial charge in [0.2, 0.25) is 0 Å². The summed E-state index contributed by atoms with van der Waals surface area (Å²) in [5.41, 5.74) is 7.16. The van der Waals surface area contributed by atoms with Crippen molar-refractivity contribution >= 4 is 15.5 Å². The Balaban J connectivity index is 2.05. The van der Waals surface area contributed by atoms with E-state index in [0.717, 1.165) is 18.5 Å². The summed E-state index contributed by atoms with van der Waals surface area (Å²) in [5.74, 6) is 0.202. The third-order valence-electron chi connectivity index (χ3n) is 4.11. The topological polar surface area (TPSA) is 72.2 Å². The summed E-state index contributed by atoms with van der Waals surface area (Å²) in [6.07, 6.45) is 6.43. The largest absolute Gasteiger partial charge is 0.381 e. The predicted molar refractivity (Wildman–Crippen MR) is 87.3 cm³/mol. The van der Waals surface area contributed by atoms with Gasteiger partial charge in [0.15, 0.2) is 9.84 Å². The molecule has 4 nitrogen and oxygen atoms in total. The number of nitrogens with two attached hydrogens (primary N) is 1. The normalized spacial score (nSPS) is 23.5. The first-order valence-corrected chi connectivity index (χ1v) is 9.53. The number of nitrogens with one attached hydrogen (secondary N) is 1. The second kappa shape index (κ2) is 7.27. The van der Waals surface area contributed by atoms with Crippen molar-refractivity contribution in [1.82, 2.24) is 0 Å². The lowest BCUT2D eigenvalue weighted by Gasteiger charge is -2.24. The Morgan fingerprint density at radius 3 is 2.48 bits per heavy atom. The third-order valence-corrected chi connectivity index (χ3v) is 6.04. The lowest BCUT2D eigenvalue weighted by atomic mass is 10.0. The van der Waals surface area contributed by atoms with Crippen molar-refractivity contribution in [2.24, 2.45) is 5.73 Å². The molecule has 1 aliphatic rings. The summed E-state index contributed by atoms with van der Waals surface area (Å²) in [5, 5.41) is 3.46. The van der Waals surface area contributed by atoms with E-state index in [9.17, 15) is 8.42 Å². The molecule has 118 valence electrons. The van der Waals surface area contributed by atoms with Gasteiger partial charge in [-0.1, -0.05) is 26.2 Å². The van der Waals surface area contributed by atoms with E-state index in [-0.39, 0.29) is 17.8 Å². The minimum atomic E-state index is -3.13. The molecule has 0 radical (unpaired) electrons. The zero-order chi connectivity index (χ0) is 15.3. The van der Waals surface area contributed by atoms with Crippen molar-refractivity contribution in [1.29, 1.82) is 0 Å². The molecule has 0 heterocycles. The van der Waals surface area contributed by atoms with E-state index in [0.29, 0.717) is 11.3 Å². The molecular weight excluding hydrogens is 284 g/mol. The van der Waals surface area contributed by atoms with Crippen LogP contribution in [0, 0.1) is 0 Å². The van der Waals surface area contributed by atoms with Gasteiger partial charge < -0.3 is 11.1 Å². The predicted octanol–water partition coefficient (Wildman–Crippen LogP) is 2.94. The SMILES string of the molecule is CCCS(=O)(=O)c1ccc(NC2CCCCCC2N)cc1. The van der Waals surface area contributed by atoms with Gasteiger partial charge in [0.25, 0.3) is 0 Å². The average Bonchev–Trinajstić information content (AvgIpc) is 2.65. The quantitative estimate of drug-likeness (QED) is 0.820. The monoisotopic (exact) mass is 310 g/mol. The first-order chi connectivity index (χ1) is 10.0.